The number of carbonyl (C=O) groups is 1. The number of anilines is 1. The fraction of sp³-hybridized carbons (Fsp3) is 0.500. The van der Waals surface area contributed by atoms with Gasteiger partial charge in [-0.25, -0.2) is 9.97 Å². The highest BCUT2D eigenvalue weighted by Gasteiger charge is 2.20. The van der Waals surface area contributed by atoms with E-state index in [1.807, 2.05) is 36.1 Å². The highest BCUT2D eigenvalue weighted by atomic mass is 32.2. The Morgan fingerprint density at radius 1 is 1.03 bits per heavy atom. The molecule has 1 aromatic carbocycles. The molecule has 1 aromatic heterocycles. The van der Waals surface area contributed by atoms with Crippen LogP contribution in [0.15, 0.2) is 29.4 Å². The molecule has 7 heteroatoms. The van der Waals surface area contributed by atoms with E-state index in [1.54, 1.807) is 11.8 Å². The topological polar surface area (TPSA) is 58.6 Å². The van der Waals surface area contributed by atoms with Gasteiger partial charge < -0.3 is 14.5 Å². The average molecular weight is 413 g/mol. The van der Waals surface area contributed by atoms with E-state index in [4.69, 9.17) is 9.72 Å². The molecule has 0 saturated carbocycles. The SMILES string of the molecule is Cc1nc(SCc2ccc(C(=O)N3CCCC3)cc2)nc(N2CCOCC2)c1C. The number of hydrogen-bond acceptors (Lipinski definition) is 6. The monoisotopic (exact) mass is 412 g/mol. The van der Waals surface area contributed by atoms with Crippen molar-refractivity contribution in [3.05, 3.63) is 46.6 Å². The zero-order chi connectivity index (χ0) is 20.2. The van der Waals surface area contributed by atoms with Gasteiger partial charge in [-0.2, -0.15) is 0 Å². The molecule has 4 rings (SSSR count). The van der Waals surface area contributed by atoms with E-state index in [2.05, 4.69) is 16.8 Å². The minimum absolute atomic E-state index is 0.148. The fourth-order valence-corrected chi connectivity index (χ4v) is 4.57. The van der Waals surface area contributed by atoms with Gasteiger partial charge in [0.1, 0.15) is 5.82 Å². The van der Waals surface area contributed by atoms with Gasteiger partial charge in [0.25, 0.3) is 5.91 Å². The number of benzene rings is 1. The highest BCUT2D eigenvalue weighted by Crippen LogP contribution is 2.27. The van der Waals surface area contributed by atoms with E-state index >= 15 is 0 Å². The van der Waals surface area contributed by atoms with Crippen LogP contribution in [0, 0.1) is 13.8 Å². The van der Waals surface area contributed by atoms with Crippen molar-refractivity contribution < 1.29 is 9.53 Å². The van der Waals surface area contributed by atoms with E-state index in [1.165, 1.54) is 5.56 Å². The van der Waals surface area contributed by atoms with Crippen LogP contribution < -0.4 is 4.90 Å². The smallest absolute Gasteiger partial charge is 0.253 e. The first kappa shape index (κ1) is 20.2. The van der Waals surface area contributed by atoms with E-state index in [0.717, 1.165) is 85.8 Å². The lowest BCUT2D eigenvalue weighted by atomic mass is 10.1. The first-order chi connectivity index (χ1) is 14.1. The molecule has 0 atom stereocenters. The molecule has 2 aliphatic rings. The first-order valence-electron chi connectivity index (χ1n) is 10.3. The third kappa shape index (κ3) is 4.73. The van der Waals surface area contributed by atoms with Crippen molar-refractivity contribution in [2.24, 2.45) is 0 Å². The summed E-state index contributed by atoms with van der Waals surface area (Å²) in [5.41, 5.74) is 4.11. The number of amides is 1. The Morgan fingerprint density at radius 2 is 1.72 bits per heavy atom. The number of aryl methyl sites for hydroxylation is 1. The molecule has 3 heterocycles. The maximum Gasteiger partial charge on any atom is 0.253 e. The van der Waals surface area contributed by atoms with Crippen LogP contribution in [0.3, 0.4) is 0 Å². The van der Waals surface area contributed by atoms with E-state index in [0.29, 0.717) is 0 Å². The Bertz CT molecular complexity index is 860. The van der Waals surface area contributed by atoms with Crippen LogP contribution in [0.25, 0.3) is 0 Å². The van der Waals surface area contributed by atoms with Crippen molar-refractivity contribution in [2.75, 3.05) is 44.3 Å². The number of hydrogen-bond donors (Lipinski definition) is 0. The number of aromatic nitrogens is 2. The number of likely N-dealkylation sites (tertiary alicyclic amines) is 1. The zero-order valence-corrected chi connectivity index (χ0v) is 18.0. The number of nitrogens with zero attached hydrogens (tertiary/aromatic N) is 4. The molecule has 2 saturated heterocycles. The summed E-state index contributed by atoms with van der Waals surface area (Å²) in [6.07, 6.45) is 2.23. The van der Waals surface area contributed by atoms with Gasteiger partial charge in [0.2, 0.25) is 0 Å². The minimum Gasteiger partial charge on any atom is -0.378 e. The summed E-state index contributed by atoms with van der Waals surface area (Å²) in [5, 5.41) is 0.798. The summed E-state index contributed by atoms with van der Waals surface area (Å²) in [7, 11) is 0. The Labute approximate surface area is 176 Å². The highest BCUT2D eigenvalue weighted by molar-refractivity contribution is 7.98. The zero-order valence-electron chi connectivity index (χ0n) is 17.2. The lowest BCUT2D eigenvalue weighted by Crippen LogP contribution is -2.37. The largest absolute Gasteiger partial charge is 0.378 e. The average Bonchev–Trinajstić information content (AvgIpc) is 3.30. The Morgan fingerprint density at radius 3 is 2.41 bits per heavy atom. The number of morpholine rings is 1. The van der Waals surface area contributed by atoms with Crippen molar-refractivity contribution in [3.63, 3.8) is 0 Å². The van der Waals surface area contributed by atoms with Gasteiger partial charge in [-0.3, -0.25) is 4.79 Å². The maximum atomic E-state index is 12.5. The van der Waals surface area contributed by atoms with Gasteiger partial charge in [0.05, 0.1) is 13.2 Å². The minimum atomic E-state index is 0.148. The molecule has 0 aliphatic carbocycles. The maximum absolute atomic E-state index is 12.5. The van der Waals surface area contributed by atoms with E-state index < -0.39 is 0 Å². The summed E-state index contributed by atoms with van der Waals surface area (Å²) in [5.74, 6) is 1.95. The van der Waals surface area contributed by atoms with Crippen LogP contribution in [0.2, 0.25) is 0 Å². The molecule has 154 valence electrons. The molecule has 0 bridgehead atoms. The number of thioether (sulfide) groups is 1. The molecule has 0 N–H and O–H groups in total. The molecule has 0 spiro atoms. The third-order valence-electron chi connectivity index (χ3n) is 5.62. The second-order valence-corrected chi connectivity index (χ2v) is 8.57. The van der Waals surface area contributed by atoms with Gasteiger partial charge in [-0.15, -0.1) is 0 Å². The molecule has 6 nitrogen and oxygen atoms in total. The van der Waals surface area contributed by atoms with Gasteiger partial charge in [-0.05, 0) is 44.4 Å². The molecule has 29 heavy (non-hydrogen) atoms. The quantitative estimate of drug-likeness (QED) is 0.554. The van der Waals surface area contributed by atoms with Crippen LogP contribution in [-0.2, 0) is 10.5 Å². The van der Waals surface area contributed by atoms with Crippen LogP contribution in [0.1, 0.15) is 40.0 Å². The normalized spacial score (nSPS) is 17.0. The molecule has 2 fully saturated rings. The van der Waals surface area contributed by atoms with Crippen molar-refractivity contribution in [2.45, 2.75) is 37.6 Å². The predicted octanol–water partition coefficient (Wildman–Crippen LogP) is 3.46. The molecule has 0 unspecified atom stereocenters. The number of carbonyl (C=O) groups excluding carboxylic acids is 1. The molecule has 0 radical (unpaired) electrons. The third-order valence-corrected chi connectivity index (χ3v) is 6.53. The van der Waals surface area contributed by atoms with E-state index in [-0.39, 0.29) is 5.91 Å². The molecular weight excluding hydrogens is 384 g/mol. The summed E-state index contributed by atoms with van der Waals surface area (Å²) < 4.78 is 5.47. The summed E-state index contributed by atoms with van der Waals surface area (Å²) >= 11 is 1.64. The van der Waals surface area contributed by atoms with Crippen LogP contribution in [0.4, 0.5) is 5.82 Å². The Hall–Kier alpha value is -2.12. The second kappa shape index (κ2) is 9.13. The molecule has 1 amide bonds. The lowest BCUT2D eigenvalue weighted by Gasteiger charge is -2.29. The predicted molar refractivity (Wildman–Crippen MR) is 116 cm³/mol. The standard InChI is InChI=1S/C22H28N4O2S/c1-16-17(2)23-22(24-20(16)25-11-13-28-14-12-25)29-15-18-5-7-19(8-6-18)21(27)26-9-3-4-10-26/h5-8H,3-4,9-15H2,1-2H3. The number of ether oxygens (including phenoxy) is 1. The molecular formula is C22H28N4O2S. The lowest BCUT2D eigenvalue weighted by molar-refractivity contribution is 0.0793. The van der Waals surface area contributed by atoms with Crippen molar-refractivity contribution >= 4 is 23.5 Å². The van der Waals surface area contributed by atoms with Crippen molar-refractivity contribution in [3.8, 4) is 0 Å². The van der Waals surface area contributed by atoms with E-state index in [9.17, 15) is 4.79 Å². The Kier molecular flexibility index (Phi) is 6.35. The van der Waals surface area contributed by atoms with Gasteiger partial charge in [0.15, 0.2) is 5.16 Å². The fourth-order valence-electron chi connectivity index (χ4n) is 3.73. The van der Waals surface area contributed by atoms with Gasteiger partial charge >= 0.3 is 0 Å². The number of rotatable bonds is 5. The molecule has 2 aromatic rings. The summed E-state index contributed by atoms with van der Waals surface area (Å²) in [6.45, 7) is 9.12. The van der Waals surface area contributed by atoms with Gasteiger partial charge in [-0.1, -0.05) is 23.9 Å². The summed E-state index contributed by atoms with van der Waals surface area (Å²) in [4.78, 5) is 26.2. The van der Waals surface area contributed by atoms with Crippen molar-refractivity contribution in [1.29, 1.82) is 0 Å². The van der Waals surface area contributed by atoms with Gasteiger partial charge in [0, 0.05) is 48.8 Å². The van der Waals surface area contributed by atoms with Crippen LogP contribution in [-0.4, -0.2) is 60.2 Å². The molecule has 2 aliphatic heterocycles. The van der Waals surface area contributed by atoms with Crippen molar-refractivity contribution in [1.82, 2.24) is 14.9 Å². The summed E-state index contributed by atoms with van der Waals surface area (Å²) in [6, 6.07) is 7.97. The van der Waals surface area contributed by atoms with Crippen LogP contribution in [0.5, 0.6) is 0 Å². The second-order valence-electron chi connectivity index (χ2n) is 7.62. The van der Waals surface area contributed by atoms with Crippen LogP contribution >= 0.6 is 11.8 Å². The first-order valence-corrected chi connectivity index (χ1v) is 11.3. The Balaban J connectivity index is 1.42.